The average molecular weight is 256 g/mol. The minimum atomic E-state index is -0.513. The van der Waals surface area contributed by atoms with E-state index in [1.54, 1.807) is 6.07 Å². The van der Waals surface area contributed by atoms with Crippen molar-refractivity contribution in [3.05, 3.63) is 33.9 Å². The summed E-state index contributed by atoms with van der Waals surface area (Å²) in [5.74, 6) is 0. The summed E-state index contributed by atoms with van der Waals surface area (Å²) in [6, 6.07) is 8.73. The third kappa shape index (κ3) is 2.80. The second-order valence-electron chi connectivity index (χ2n) is 4.40. The van der Waals surface area contributed by atoms with Gasteiger partial charge in [0.25, 0.3) is 5.69 Å². The number of hydrogen-bond acceptors (Lipinski definition) is 5. The maximum Gasteiger partial charge on any atom is 0.270 e. The Morgan fingerprint density at radius 3 is 2.68 bits per heavy atom. The molecule has 0 bridgehead atoms. The third-order valence-corrected chi connectivity index (χ3v) is 3.07. The summed E-state index contributed by atoms with van der Waals surface area (Å²) in [4.78, 5) is 12.2. The Balaban J connectivity index is 2.34. The standard InChI is InChI=1S/C13H12N4O2/c14-6-1-7-16(11-2-3-11)13-5-4-12(17(18)19)8-10(13)9-15/h4-5,8,11H,1-3,7H2. The predicted octanol–water partition coefficient (Wildman–Crippen LogP) is 2.35. The monoisotopic (exact) mass is 256 g/mol. The van der Waals surface area contributed by atoms with Gasteiger partial charge in [0.1, 0.15) is 6.07 Å². The van der Waals surface area contributed by atoms with Crippen molar-refractivity contribution in [1.29, 1.82) is 10.5 Å². The summed E-state index contributed by atoms with van der Waals surface area (Å²) in [6.45, 7) is 0.549. The Morgan fingerprint density at radius 1 is 1.42 bits per heavy atom. The van der Waals surface area contributed by atoms with Crippen LogP contribution in [0.1, 0.15) is 24.8 Å². The van der Waals surface area contributed by atoms with Gasteiger partial charge in [-0.2, -0.15) is 10.5 Å². The first-order valence-corrected chi connectivity index (χ1v) is 5.99. The van der Waals surface area contributed by atoms with E-state index in [1.165, 1.54) is 12.1 Å². The van der Waals surface area contributed by atoms with E-state index in [2.05, 4.69) is 6.07 Å². The Hall–Kier alpha value is -2.60. The molecule has 1 saturated carbocycles. The molecule has 1 aliphatic carbocycles. The molecule has 0 N–H and O–H groups in total. The first kappa shape index (κ1) is 12.8. The lowest BCUT2D eigenvalue weighted by molar-refractivity contribution is -0.384. The highest BCUT2D eigenvalue weighted by molar-refractivity contribution is 5.64. The van der Waals surface area contributed by atoms with Crippen LogP contribution >= 0.6 is 0 Å². The van der Waals surface area contributed by atoms with Gasteiger partial charge in [-0.3, -0.25) is 10.1 Å². The maximum atomic E-state index is 10.7. The lowest BCUT2D eigenvalue weighted by Crippen LogP contribution is -2.27. The molecule has 96 valence electrons. The van der Waals surface area contributed by atoms with Crippen LogP contribution in [0.2, 0.25) is 0 Å². The summed E-state index contributed by atoms with van der Waals surface area (Å²) >= 11 is 0. The smallest absolute Gasteiger partial charge is 0.270 e. The molecule has 6 heteroatoms. The van der Waals surface area contributed by atoms with E-state index < -0.39 is 4.92 Å². The van der Waals surface area contributed by atoms with Crippen molar-refractivity contribution in [2.75, 3.05) is 11.4 Å². The summed E-state index contributed by atoms with van der Waals surface area (Å²) < 4.78 is 0. The van der Waals surface area contributed by atoms with Gasteiger partial charge in [0.05, 0.1) is 28.7 Å². The summed E-state index contributed by atoms with van der Waals surface area (Å²) in [7, 11) is 0. The molecule has 0 aliphatic heterocycles. The predicted molar refractivity (Wildman–Crippen MR) is 68.4 cm³/mol. The quantitative estimate of drug-likeness (QED) is 0.595. The Morgan fingerprint density at radius 2 is 2.16 bits per heavy atom. The summed E-state index contributed by atoms with van der Waals surface area (Å²) in [5.41, 5.74) is 0.890. The normalized spacial score (nSPS) is 13.4. The van der Waals surface area contributed by atoms with Crippen LogP contribution in [0.25, 0.3) is 0 Å². The summed E-state index contributed by atoms with van der Waals surface area (Å²) in [6.07, 6.45) is 2.44. The Labute approximate surface area is 110 Å². The SMILES string of the molecule is N#CCCN(c1ccc([N+](=O)[O-])cc1C#N)C1CC1. The van der Waals surface area contributed by atoms with Crippen LogP contribution in [-0.2, 0) is 0 Å². The Bertz CT molecular complexity index is 581. The first-order chi connectivity index (χ1) is 9.17. The molecule has 1 fully saturated rings. The van der Waals surface area contributed by atoms with Crippen molar-refractivity contribution >= 4 is 11.4 Å². The van der Waals surface area contributed by atoms with E-state index in [-0.39, 0.29) is 5.69 Å². The van der Waals surface area contributed by atoms with Gasteiger partial charge < -0.3 is 4.90 Å². The molecular formula is C13H12N4O2. The van der Waals surface area contributed by atoms with E-state index in [4.69, 9.17) is 10.5 Å². The molecule has 1 aromatic carbocycles. The summed E-state index contributed by atoms with van der Waals surface area (Å²) in [5, 5.41) is 28.5. The molecule has 0 saturated heterocycles. The zero-order valence-electron chi connectivity index (χ0n) is 10.2. The van der Waals surface area contributed by atoms with Gasteiger partial charge in [-0.1, -0.05) is 0 Å². The zero-order chi connectivity index (χ0) is 13.8. The number of hydrogen-bond donors (Lipinski definition) is 0. The van der Waals surface area contributed by atoms with Crippen molar-refractivity contribution in [2.45, 2.75) is 25.3 Å². The van der Waals surface area contributed by atoms with Gasteiger partial charge in [-0.25, -0.2) is 0 Å². The lowest BCUT2D eigenvalue weighted by Gasteiger charge is -2.24. The minimum absolute atomic E-state index is 0.0867. The highest BCUT2D eigenvalue weighted by Gasteiger charge is 2.30. The number of rotatable bonds is 5. The fourth-order valence-corrected chi connectivity index (χ4v) is 2.03. The number of nitrogens with zero attached hydrogens (tertiary/aromatic N) is 4. The molecule has 0 aromatic heterocycles. The first-order valence-electron chi connectivity index (χ1n) is 5.99. The van der Waals surface area contributed by atoms with E-state index in [0.29, 0.717) is 30.3 Å². The molecule has 2 rings (SSSR count). The van der Waals surface area contributed by atoms with Crippen LogP contribution in [-0.4, -0.2) is 17.5 Å². The van der Waals surface area contributed by atoms with E-state index >= 15 is 0 Å². The molecule has 1 aliphatic rings. The van der Waals surface area contributed by atoms with E-state index in [1.807, 2.05) is 11.0 Å². The number of anilines is 1. The van der Waals surface area contributed by atoms with Crippen molar-refractivity contribution in [1.82, 2.24) is 0 Å². The molecule has 0 unspecified atom stereocenters. The lowest BCUT2D eigenvalue weighted by atomic mass is 10.1. The van der Waals surface area contributed by atoms with Crippen LogP contribution in [0.3, 0.4) is 0 Å². The minimum Gasteiger partial charge on any atom is -0.366 e. The fraction of sp³-hybridized carbons (Fsp3) is 0.385. The van der Waals surface area contributed by atoms with Crippen molar-refractivity contribution in [3.8, 4) is 12.1 Å². The molecule has 6 nitrogen and oxygen atoms in total. The van der Waals surface area contributed by atoms with Crippen LogP contribution < -0.4 is 4.90 Å². The van der Waals surface area contributed by atoms with E-state index in [0.717, 1.165) is 12.8 Å². The zero-order valence-corrected chi connectivity index (χ0v) is 10.2. The van der Waals surface area contributed by atoms with Gasteiger partial charge >= 0.3 is 0 Å². The molecule has 0 atom stereocenters. The number of nitro benzene ring substituents is 1. The van der Waals surface area contributed by atoms with Gasteiger partial charge in [-0.05, 0) is 18.9 Å². The van der Waals surface area contributed by atoms with Gasteiger partial charge in [-0.15, -0.1) is 0 Å². The molecular weight excluding hydrogens is 244 g/mol. The number of benzene rings is 1. The second-order valence-corrected chi connectivity index (χ2v) is 4.40. The molecule has 19 heavy (non-hydrogen) atoms. The van der Waals surface area contributed by atoms with Crippen LogP contribution in [0.4, 0.5) is 11.4 Å². The number of non-ortho nitro benzene ring substituents is 1. The fourth-order valence-electron chi connectivity index (χ4n) is 2.03. The molecule has 1 aromatic rings. The van der Waals surface area contributed by atoms with Gasteiger partial charge in [0.15, 0.2) is 0 Å². The molecule has 0 heterocycles. The molecule has 0 amide bonds. The third-order valence-electron chi connectivity index (χ3n) is 3.07. The van der Waals surface area contributed by atoms with Crippen LogP contribution in [0.5, 0.6) is 0 Å². The molecule has 0 radical (unpaired) electrons. The average Bonchev–Trinajstić information content (AvgIpc) is 3.23. The second kappa shape index (κ2) is 5.36. The van der Waals surface area contributed by atoms with Crippen molar-refractivity contribution in [2.24, 2.45) is 0 Å². The number of nitro groups is 1. The van der Waals surface area contributed by atoms with Crippen molar-refractivity contribution < 1.29 is 4.92 Å². The van der Waals surface area contributed by atoms with Gasteiger partial charge in [0, 0.05) is 24.7 Å². The highest BCUT2D eigenvalue weighted by atomic mass is 16.6. The Kier molecular flexibility index (Phi) is 3.63. The topological polar surface area (TPSA) is 94.0 Å². The highest BCUT2D eigenvalue weighted by Crippen LogP contribution is 2.34. The van der Waals surface area contributed by atoms with Crippen LogP contribution in [0.15, 0.2) is 18.2 Å². The largest absolute Gasteiger partial charge is 0.366 e. The van der Waals surface area contributed by atoms with E-state index in [9.17, 15) is 10.1 Å². The maximum absolute atomic E-state index is 10.7. The number of nitriles is 2. The molecule has 0 spiro atoms. The van der Waals surface area contributed by atoms with Crippen LogP contribution in [0, 0.1) is 32.8 Å². The van der Waals surface area contributed by atoms with Gasteiger partial charge in [0.2, 0.25) is 0 Å². The van der Waals surface area contributed by atoms with Crippen molar-refractivity contribution in [3.63, 3.8) is 0 Å².